The Labute approximate surface area is 90.4 Å². The van der Waals surface area contributed by atoms with Gasteiger partial charge in [0.25, 0.3) is 0 Å². The fraction of sp³-hybridized carbons (Fsp3) is 0.818. The number of aromatic nitrogens is 2. The quantitative estimate of drug-likeness (QED) is 0.777. The Morgan fingerprint density at radius 2 is 2.33 bits per heavy atom. The summed E-state index contributed by atoms with van der Waals surface area (Å²) in [7, 11) is 0. The lowest BCUT2D eigenvalue weighted by Gasteiger charge is -2.07. The van der Waals surface area contributed by atoms with Crippen LogP contribution in [0.15, 0.2) is 4.52 Å². The van der Waals surface area contributed by atoms with Gasteiger partial charge < -0.3 is 9.84 Å². The third-order valence-electron chi connectivity index (χ3n) is 2.89. The summed E-state index contributed by atoms with van der Waals surface area (Å²) in [5.41, 5.74) is 0. The summed E-state index contributed by atoms with van der Waals surface area (Å²) >= 11 is 0. The summed E-state index contributed by atoms with van der Waals surface area (Å²) in [6.45, 7) is 5.00. The normalized spacial score (nSPS) is 18.0. The van der Waals surface area contributed by atoms with E-state index in [1.165, 1.54) is 12.8 Å². The predicted octanol–water partition coefficient (Wildman–Crippen LogP) is 1.91. The molecule has 0 radical (unpaired) electrons. The lowest BCUT2D eigenvalue weighted by Crippen LogP contribution is -2.24. The Morgan fingerprint density at radius 1 is 1.53 bits per heavy atom. The van der Waals surface area contributed by atoms with Crippen molar-refractivity contribution in [3.63, 3.8) is 0 Å². The summed E-state index contributed by atoms with van der Waals surface area (Å²) in [5, 5.41) is 7.31. The molecule has 0 aromatic carbocycles. The molecule has 0 aliphatic heterocycles. The van der Waals surface area contributed by atoms with Gasteiger partial charge in [-0.15, -0.1) is 0 Å². The summed E-state index contributed by atoms with van der Waals surface area (Å²) in [4.78, 5) is 4.36. The van der Waals surface area contributed by atoms with Gasteiger partial charge in [-0.2, -0.15) is 4.98 Å². The first-order valence-corrected chi connectivity index (χ1v) is 5.82. The molecule has 4 nitrogen and oxygen atoms in total. The second-order valence-electron chi connectivity index (χ2n) is 4.44. The van der Waals surface area contributed by atoms with Crippen molar-refractivity contribution >= 4 is 0 Å². The number of hydrogen-bond acceptors (Lipinski definition) is 4. The molecule has 84 valence electrons. The van der Waals surface area contributed by atoms with E-state index in [1.54, 1.807) is 0 Å². The van der Waals surface area contributed by atoms with Gasteiger partial charge in [-0.05, 0) is 32.1 Å². The van der Waals surface area contributed by atoms with Crippen LogP contribution in [0.1, 0.15) is 44.8 Å². The second-order valence-corrected chi connectivity index (χ2v) is 4.44. The van der Waals surface area contributed by atoms with E-state index in [2.05, 4.69) is 29.3 Å². The van der Waals surface area contributed by atoms with Crippen molar-refractivity contribution in [1.29, 1.82) is 0 Å². The zero-order chi connectivity index (χ0) is 10.7. The van der Waals surface area contributed by atoms with Crippen molar-refractivity contribution < 1.29 is 4.52 Å². The lowest BCUT2D eigenvalue weighted by atomic mass is 10.2. The first-order valence-electron chi connectivity index (χ1n) is 5.82. The number of nitrogens with zero attached hydrogens (tertiary/aromatic N) is 2. The number of rotatable bonds is 6. The van der Waals surface area contributed by atoms with E-state index in [0.717, 1.165) is 24.6 Å². The Kier molecular flexibility index (Phi) is 3.36. The van der Waals surface area contributed by atoms with Crippen LogP contribution in [0.5, 0.6) is 0 Å². The highest BCUT2D eigenvalue weighted by molar-refractivity contribution is 4.91. The third kappa shape index (κ3) is 3.30. The summed E-state index contributed by atoms with van der Waals surface area (Å²) in [5.74, 6) is 2.40. The van der Waals surface area contributed by atoms with Gasteiger partial charge in [-0.25, -0.2) is 0 Å². The monoisotopic (exact) mass is 209 g/mol. The molecule has 1 atom stereocenters. The van der Waals surface area contributed by atoms with Crippen LogP contribution >= 0.6 is 0 Å². The maximum absolute atomic E-state index is 5.16. The van der Waals surface area contributed by atoms with Crippen molar-refractivity contribution in [2.75, 3.05) is 0 Å². The molecular formula is C11H19N3O. The maximum Gasteiger partial charge on any atom is 0.240 e. The molecule has 0 amide bonds. The molecule has 0 bridgehead atoms. The van der Waals surface area contributed by atoms with Crippen LogP contribution in [0.2, 0.25) is 0 Å². The van der Waals surface area contributed by atoms with Gasteiger partial charge in [0.1, 0.15) is 0 Å². The first kappa shape index (κ1) is 10.6. The maximum atomic E-state index is 5.16. The average Bonchev–Trinajstić information content (AvgIpc) is 2.93. The molecule has 1 heterocycles. The van der Waals surface area contributed by atoms with Crippen LogP contribution in [0.4, 0.5) is 0 Å². The third-order valence-corrected chi connectivity index (χ3v) is 2.89. The molecule has 1 aromatic heterocycles. The van der Waals surface area contributed by atoms with Crippen LogP contribution in [0.3, 0.4) is 0 Å². The van der Waals surface area contributed by atoms with E-state index in [0.29, 0.717) is 18.5 Å². The molecular weight excluding hydrogens is 190 g/mol. The Morgan fingerprint density at radius 3 is 3.00 bits per heavy atom. The van der Waals surface area contributed by atoms with E-state index >= 15 is 0 Å². The van der Waals surface area contributed by atoms with Gasteiger partial charge >= 0.3 is 0 Å². The lowest BCUT2D eigenvalue weighted by molar-refractivity contribution is 0.353. The van der Waals surface area contributed by atoms with Gasteiger partial charge in [0.2, 0.25) is 5.89 Å². The zero-order valence-corrected chi connectivity index (χ0v) is 9.49. The molecule has 0 saturated heterocycles. The minimum Gasteiger partial charge on any atom is -0.338 e. The predicted molar refractivity (Wildman–Crippen MR) is 57.3 cm³/mol. The van der Waals surface area contributed by atoms with Crippen LogP contribution < -0.4 is 5.32 Å². The molecule has 1 fully saturated rings. The summed E-state index contributed by atoms with van der Waals surface area (Å²) < 4.78 is 5.16. The minimum absolute atomic E-state index is 0.504. The summed E-state index contributed by atoms with van der Waals surface area (Å²) in [6, 6.07) is 0.504. The van der Waals surface area contributed by atoms with E-state index in [1.807, 2.05) is 0 Å². The first-order chi connectivity index (χ1) is 7.28. The topological polar surface area (TPSA) is 51.0 Å². The van der Waals surface area contributed by atoms with Crippen LogP contribution in [-0.2, 0) is 13.0 Å². The van der Waals surface area contributed by atoms with Gasteiger partial charge in [0, 0.05) is 12.5 Å². The molecule has 1 saturated carbocycles. The van der Waals surface area contributed by atoms with E-state index in [4.69, 9.17) is 4.52 Å². The molecule has 1 aromatic rings. The van der Waals surface area contributed by atoms with Crippen LogP contribution in [0, 0.1) is 5.92 Å². The fourth-order valence-electron chi connectivity index (χ4n) is 1.43. The van der Waals surface area contributed by atoms with Gasteiger partial charge in [0.05, 0.1) is 6.54 Å². The second kappa shape index (κ2) is 4.75. The van der Waals surface area contributed by atoms with E-state index in [9.17, 15) is 0 Å². The van der Waals surface area contributed by atoms with Gasteiger partial charge in [-0.1, -0.05) is 12.1 Å². The largest absolute Gasteiger partial charge is 0.338 e. The standard InChI is InChI=1S/C11H19N3O/c1-3-8(2)12-7-11-13-10(14-15-11)6-9-4-5-9/h8-9,12H,3-7H2,1-2H3. The van der Waals surface area contributed by atoms with Crippen molar-refractivity contribution in [3.8, 4) is 0 Å². The van der Waals surface area contributed by atoms with Crippen molar-refractivity contribution in [2.24, 2.45) is 5.92 Å². The average molecular weight is 209 g/mol. The highest BCUT2D eigenvalue weighted by atomic mass is 16.5. The molecule has 0 spiro atoms. The number of hydrogen-bond donors (Lipinski definition) is 1. The Balaban J connectivity index is 1.78. The SMILES string of the molecule is CCC(C)NCc1nc(CC2CC2)no1. The molecule has 1 aliphatic rings. The van der Waals surface area contributed by atoms with Crippen LogP contribution in [-0.4, -0.2) is 16.2 Å². The summed E-state index contributed by atoms with van der Waals surface area (Å²) in [6.07, 6.45) is 4.76. The number of nitrogens with one attached hydrogen (secondary N) is 1. The molecule has 15 heavy (non-hydrogen) atoms. The smallest absolute Gasteiger partial charge is 0.240 e. The van der Waals surface area contributed by atoms with E-state index < -0.39 is 0 Å². The molecule has 1 unspecified atom stereocenters. The fourth-order valence-corrected chi connectivity index (χ4v) is 1.43. The molecule has 4 heteroatoms. The van der Waals surface area contributed by atoms with E-state index in [-0.39, 0.29) is 0 Å². The molecule has 1 aliphatic carbocycles. The molecule has 1 N–H and O–H groups in total. The van der Waals surface area contributed by atoms with Gasteiger partial charge in [-0.3, -0.25) is 0 Å². The van der Waals surface area contributed by atoms with Crippen LogP contribution in [0.25, 0.3) is 0 Å². The highest BCUT2D eigenvalue weighted by Crippen LogP contribution is 2.31. The van der Waals surface area contributed by atoms with Gasteiger partial charge in [0.15, 0.2) is 5.82 Å². The Hall–Kier alpha value is -0.900. The van der Waals surface area contributed by atoms with Crippen molar-refractivity contribution in [3.05, 3.63) is 11.7 Å². The minimum atomic E-state index is 0.504. The highest BCUT2D eigenvalue weighted by Gasteiger charge is 2.23. The van der Waals surface area contributed by atoms with Crippen molar-refractivity contribution in [2.45, 2.75) is 52.1 Å². The molecule has 2 rings (SSSR count). The Bertz CT molecular complexity index is 307. The van der Waals surface area contributed by atoms with Crippen molar-refractivity contribution in [1.82, 2.24) is 15.5 Å². The zero-order valence-electron chi connectivity index (χ0n) is 9.49.